The summed E-state index contributed by atoms with van der Waals surface area (Å²) in [5.74, 6) is 0. The van der Waals surface area contributed by atoms with E-state index in [2.05, 4.69) is 5.10 Å². The molecular weight excluding hydrogens is 321 g/mol. The zero-order valence-corrected chi connectivity index (χ0v) is 11.2. The first-order chi connectivity index (χ1) is 10.0. The van der Waals surface area contributed by atoms with E-state index in [9.17, 15) is 35.8 Å². The molecule has 2 rings (SSSR count). The lowest BCUT2D eigenvalue weighted by Crippen LogP contribution is -2.24. The van der Waals surface area contributed by atoms with Gasteiger partial charge in [-0.3, -0.25) is 4.68 Å². The summed E-state index contributed by atoms with van der Waals surface area (Å²) in [5, 5.41) is 12.9. The highest BCUT2D eigenvalue weighted by Crippen LogP contribution is 2.41. The Hall–Kier alpha value is -1.32. The van der Waals surface area contributed by atoms with Crippen molar-refractivity contribution >= 4 is 0 Å². The Kier molecular flexibility index (Phi) is 4.42. The van der Waals surface area contributed by atoms with Gasteiger partial charge in [-0.05, 0) is 19.3 Å². The Labute approximate surface area is 120 Å². The molecule has 22 heavy (non-hydrogen) atoms. The number of aliphatic hydroxyl groups excluding tert-OH is 1. The average molecular weight is 334 g/mol. The van der Waals surface area contributed by atoms with Gasteiger partial charge in [-0.25, -0.2) is 4.39 Å². The van der Waals surface area contributed by atoms with Gasteiger partial charge in [0.05, 0.1) is 0 Å². The molecule has 0 bridgehead atoms. The van der Waals surface area contributed by atoms with E-state index in [4.69, 9.17) is 0 Å². The van der Waals surface area contributed by atoms with Crippen molar-refractivity contribution in [2.24, 2.45) is 0 Å². The standard InChI is InChI=1S/C12H13F7N2O/c13-6-2-3-7-8(9(6)22)10(12(17,18)19)20-21(7)5-1-4-11(14,15)16/h6,9,22H,1-5H2/t6-,9-/m1/s1. The third-order valence-corrected chi connectivity index (χ3v) is 3.49. The minimum Gasteiger partial charge on any atom is -0.385 e. The van der Waals surface area contributed by atoms with Gasteiger partial charge >= 0.3 is 12.4 Å². The van der Waals surface area contributed by atoms with Crippen molar-refractivity contribution in [3.05, 3.63) is 17.0 Å². The van der Waals surface area contributed by atoms with Gasteiger partial charge in [0, 0.05) is 24.2 Å². The smallest absolute Gasteiger partial charge is 0.385 e. The molecule has 10 heteroatoms. The van der Waals surface area contributed by atoms with E-state index < -0.39 is 48.7 Å². The largest absolute Gasteiger partial charge is 0.435 e. The summed E-state index contributed by atoms with van der Waals surface area (Å²) >= 11 is 0. The van der Waals surface area contributed by atoms with Crippen LogP contribution in [0.15, 0.2) is 0 Å². The fourth-order valence-corrected chi connectivity index (χ4v) is 2.52. The third kappa shape index (κ3) is 3.53. The summed E-state index contributed by atoms with van der Waals surface area (Å²) in [4.78, 5) is 0. The molecule has 1 aromatic heterocycles. The lowest BCUT2D eigenvalue weighted by Gasteiger charge is -2.23. The number of alkyl halides is 7. The molecule has 0 fully saturated rings. The van der Waals surface area contributed by atoms with E-state index in [-0.39, 0.29) is 25.1 Å². The van der Waals surface area contributed by atoms with Gasteiger partial charge in [0.25, 0.3) is 0 Å². The molecule has 2 atom stereocenters. The topological polar surface area (TPSA) is 38.1 Å². The first-order valence-corrected chi connectivity index (χ1v) is 6.56. The van der Waals surface area contributed by atoms with Crippen LogP contribution in [0, 0.1) is 0 Å². The molecule has 1 N–H and O–H groups in total. The minimum absolute atomic E-state index is 0.0455. The van der Waals surface area contributed by atoms with Crippen LogP contribution < -0.4 is 0 Å². The molecule has 0 amide bonds. The third-order valence-electron chi connectivity index (χ3n) is 3.49. The molecule has 0 spiro atoms. The average Bonchev–Trinajstić information content (AvgIpc) is 2.72. The van der Waals surface area contributed by atoms with Crippen molar-refractivity contribution in [1.29, 1.82) is 0 Å². The van der Waals surface area contributed by atoms with Crippen LogP contribution in [0.25, 0.3) is 0 Å². The maximum absolute atomic E-state index is 13.4. The second kappa shape index (κ2) is 5.71. The maximum atomic E-state index is 13.4. The monoisotopic (exact) mass is 334 g/mol. The molecule has 126 valence electrons. The molecule has 0 saturated carbocycles. The molecule has 1 aliphatic rings. The fourth-order valence-electron chi connectivity index (χ4n) is 2.52. The zero-order chi connectivity index (χ0) is 16.7. The summed E-state index contributed by atoms with van der Waals surface area (Å²) in [6.45, 7) is -0.373. The van der Waals surface area contributed by atoms with E-state index in [0.717, 1.165) is 4.68 Å². The van der Waals surface area contributed by atoms with Crippen LogP contribution in [0.3, 0.4) is 0 Å². The van der Waals surface area contributed by atoms with Crippen LogP contribution in [-0.2, 0) is 19.1 Å². The Morgan fingerprint density at radius 1 is 1.18 bits per heavy atom. The summed E-state index contributed by atoms with van der Waals surface area (Å²) in [6.07, 6.45) is -15.0. The Morgan fingerprint density at radius 3 is 2.36 bits per heavy atom. The molecule has 3 nitrogen and oxygen atoms in total. The number of fused-ring (bicyclic) bond motifs is 1. The van der Waals surface area contributed by atoms with Gasteiger partial charge in [-0.2, -0.15) is 31.4 Å². The van der Waals surface area contributed by atoms with Gasteiger partial charge in [0.2, 0.25) is 0 Å². The van der Waals surface area contributed by atoms with Crippen molar-refractivity contribution in [2.45, 2.75) is 56.9 Å². The van der Waals surface area contributed by atoms with Crippen molar-refractivity contribution in [3.8, 4) is 0 Å². The van der Waals surface area contributed by atoms with Gasteiger partial charge < -0.3 is 5.11 Å². The van der Waals surface area contributed by atoms with E-state index in [1.54, 1.807) is 0 Å². The molecule has 0 saturated heterocycles. The number of aryl methyl sites for hydroxylation is 1. The van der Waals surface area contributed by atoms with Gasteiger partial charge in [0.15, 0.2) is 5.69 Å². The number of nitrogens with zero attached hydrogens (tertiary/aromatic N) is 2. The van der Waals surface area contributed by atoms with Crippen LogP contribution in [0.5, 0.6) is 0 Å². The highest BCUT2D eigenvalue weighted by atomic mass is 19.4. The van der Waals surface area contributed by atoms with E-state index >= 15 is 0 Å². The number of aromatic nitrogens is 2. The minimum atomic E-state index is -4.91. The maximum Gasteiger partial charge on any atom is 0.435 e. The van der Waals surface area contributed by atoms with Crippen LogP contribution in [-0.4, -0.2) is 27.2 Å². The van der Waals surface area contributed by atoms with Crippen molar-refractivity contribution in [2.75, 3.05) is 0 Å². The number of aliphatic hydroxyl groups is 1. The summed E-state index contributed by atoms with van der Waals surface area (Å²) < 4.78 is 89.3. The van der Waals surface area contributed by atoms with Crippen molar-refractivity contribution in [1.82, 2.24) is 9.78 Å². The number of hydrogen-bond donors (Lipinski definition) is 1. The second-order valence-electron chi connectivity index (χ2n) is 5.15. The number of rotatable bonds is 3. The first-order valence-electron chi connectivity index (χ1n) is 6.56. The van der Waals surface area contributed by atoms with E-state index in [0.29, 0.717) is 0 Å². The zero-order valence-electron chi connectivity index (χ0n) is 11.2. The van der Waals surface area contributed by atoms with E-state index in [1.807, 2.05) is 0 Å². The SMILES string of the molecule is O[C@H]1c2c(C(F)(F)F)nn(CCCC(F)(F)F)c2CC[C@H]1F. The van der Waals surface area contributed by atoms with Crippen LogP contribution >= 0.6 is 0 Å². The Bertz CT molecular complexity index is 535. The number of halogens is 7. The van der Waals surface area contributed by atoms with Crippen molar-refractivity contribution in [3.63, 3.8) is 0 Å². The summed E-state index contributed by atoms with van der Waals surface area (Å²) in [6, 6.07) is 0. The summed E-state index contributed by atoms with van der Waals surface area (Å²) in [5.41, 5.74) is -2.13. The van der Waals surface area contributed by atoms with Crippen LogP contribution in [0.1, 0.15) is 42.3 Å². The quantitative estimate of drug-likeness (QED) is 0.859. The molecular formula is C12H13F7N2O. The fraction of sp³-hybridized carbons (Fsp3) is 0.750. The predicted molar refractivity (Wildman–Crippen MR) is 60.7 cm³/mol. The van der Waals surface area contributed by atoms with Crippen molar-refractivity contribution < 1.29 is 35.8 Å². The highest BCUT2D eigenvalue weighted by molar-refractivity contribution is 5.34. The molecule has 1 aromatic rings. The molecule has 0 radical (unpaired) electrons. The van der Waals surface area contributed by atoms with Crippen LogP contribution in [0.4, 0.5) is 30.7 Å². The number of hydrogen-bond acceptors (Lipinski definition) is 2. The van der Waals surface area contributed by atoms with Crippen LogP contribution in [0.2, 0.25) is 0 Å². The Balaban J connectivity index is 2.30. The second-order valence-corrected chi connectivity index (χ2v) is 5.15. The highest BCUT2D eigenvalue weighted by Gasteiger charge is 2.44. The summed E-state index contributed by atoms with van der Waals surface area (Å²) in [7, 11) is 0. The normalized spacial score (nSPS) is 22.7. The van der Waals surface area contributed by atoms with Gasteiger partial charge in [0.1, 0.15) is 12.3 Å². The van der Waals surface area contributed by atoms with Gasteiger partial charge in [-0.15, -0.1) is 0 Å². The first kappa shape index (κ1) is 17.0. The molecule has 0 aliphatic heterocycles. The Morgan fingerprint density at radius 2 is 1.82 bits per heavy atom. The molecule has 1 aliphatic carbocycles. The predicted octanol–water partition coefficient (Wildman–Crippen LogP) is 3.56. The molecule has 0 unspecified atom stereocenters. The van der Waals surface area contributed by atoms with E-state index in [1.165, 1.54) is 0 Å². The molecule has 0 aromatic carbocycles. The molecule has 1 heterocycles. The van der Waals surface area contributed by atoms with Gasteiger partial charge in [-0.1, -0.05) is 0 Å². The lowest BCUT2D eigenvalue weighted by atomic mass is 9.91. The lowest BCUT2D eigenvalue weighted by molar-refractivity contribution is -0.144.